The third-order valence-corrected chi connectivity index (χ3v) is 20.3. The predicted molar refractivity (Wildman–Crippen MR) is 183 cm³/mol. The van der Waals surface area contributed by atoms with Crippen molar-refractivity contribution in [3.8, 4) is 0 Å². The molecule has 236 valence electrons. The van der Waals surface area contributed by atoms with E-state index in [1.54, 1.807) is 43.7 Å². The Labute approximate surface area is 261 Å². The molecule has 0 N–H and O–H groups in total. The summed E-state index contributed by atoms with van der Waals surface area (Å²) in [6.07, 6.45) is 24.1. The first-order valence-electron chi connectivity index (χ1n) is 19.0. The summed E-state index contributed by atoms with van der Waals surface area (Å²) in [6, 6.07) is 13.4. The Bertz CT molecular complexity index is 961. The van der Waals surface area contributed by atoms with Crippen molar-refractivity contribution in [1.82, 2.24) is 0 Å². The topological polar surface area (TPSA) is 9.23 Å². The highest BCUT2D eigenvalue weighted by Gasteiger charge is 2.62. The quantitative estimate of drug-likeness (QED) is 0.194. The van der Waals surface area contributed by atoms with Crippen LogP contribution < -0.4 is 0 Å². The van der Waals surface area contributed by atoms with Crippen LogP contribution in [0.15, 0.2) is 30.3 Å². The van der Waals surface area contributed by atoms with Crippen LogP contribution in [0.25, 0.3) is 0 Å². The third-order valence-electron chi connectivity index (χ3n) is 14.0. The van der Waals surface area contributed by atoms with Crippen LogP contribution in [0.2, 0.25) is 23.7 Å². The van der Waals surface area contributed by atoms with E-state index in [2.05, 4.69) is 64.6 Å². The van der Waals surface area contributed by atoms with Crippen LogP contribution in [0, 0.1) is 41.4 Å². The highest BCUT2D eigenvalue weighted by atomic mass is 28.3. The molecule has 0 amide bonds. The van der Waals surface area contributed by atoms with Gasteiger partial charge in [-0.15, -0.1) is 0 Å². The maximum atomic E-state index is 6.09. The van der Waals surface area contributed by atoms with Crippen LogP contribution in [-0.2, 0) is 4.74 Å². The Balaban J connectivity index is 1.26. The summed E-state index contributed by atoms with van der Waals surface area (Å²) in [7, 11) is -1.53. The van der Waals surface area contributed by atoms with Gasteiger partial charge < -0.3 is 4.74 Å². The van der Waals surface area contributed by atoms with Crippen LogP contribution in [0.5, 0.6) is 0 Å². The van der Waals surface area contributed by atoms with Gasteiger partial charge in [0.25, 0.3) is 0 Å². The molecule has 1 aromatic carbocycles. The van der Waals surface area contributed by atoms with Gasteiger partial charge in [-0.1, -0.05) is 120 Å². The average molecular weight is 591 g/mol. The molecule has 6 rings (SSSR count). The molecule has 2 heteroatoms. The van der Waals surface area contributed by atoms with E-state index in [0.717, 1.165) is 65.0 Å². The Morgan fingerprint density at radius 1 is 0.667 bits per heavy atom. The minimum Gasteiger partial charge on any atom is -0.376 e. The summed E-state index contributed by atoms with van der Waals surface area (Å²) in [5.41, 5.74) is 3.89. The summed E-state index contributed by atoms with van der Waals surface area (Å²) in [6.45, 7) is 13.4. The maximum absolute atomic E-state index is 6.09. The van der Waals surface area contributed by atoms with Gasteiger partial charge in [0.15, 0.2) is 0 Å². The van der Waals surface area contributed by atoms with Gasteiger partial charge in [-0.05, 0) is 117 Å². The van der Waals surface area contributed by atoms with Crippen LogP contribution in [0.1, 0.15) is 142 Å². The fourth-order valence-electron chi connectivity index (χ4n) is 12.9. The number of rotatable bonds is 10. The predicted octanol–water partition coefficient (Wildman–Crippen LogP) is 12.0. The molecule has 5 fully saturated rings. The normalized spacial score (nSPS) is 39.7. The molecule has 0 aromatic heterocycles. The molecular formula is C40H66OSi. The van der Waals surface area contributed by atoms with E-state index < -0.39 is 8.07 Å². The van der Waals surface area contributed by atoms with Gasteiger partial charge in [0.1, 0.15) is 0 Å². The zero-order chi connectivity index (χ0) is 29.3. The van der Waals surface area contributed by atoms with Crippen molar-refractivity contribution in [3.05, 3.63) is 35.9 Å². The Morgan fingerprint density at radius 3 is 1.88 bits per heavy atom. The van der Waals surface area contributed by atoms with Gasteiger partial charge in [-0.25, -0.2) is 0 Å². The molecule has 0 aliphatic heterocycles. The van der Waals surface area contributed by atoms with Crippen molar-refractivity contribution < 1.29 is 4.74 Å². The van der Waals surface area contributed by atoms with Crippen molar-refractivity contribution in [3.63, 3.8) is 0 Å². The highest BCUT2D eigenvalue weighted by molar-refractivity contribution is 6.81. The minimum atomic E-state index is -1.53. The summed E-state index contributed by atoms with van der Waals surface area (Å²) < 4.78 is 6.09. The first-order chi connectivity index (χ1) is 20.3. The average Bonchev–Trinajstić information content (AvgIpc) is 3.51. The van der Waals surface area contributed by atoms with Crippen LogP contribution >= 0.6 is 0 Å². The summed E-state index contributed by atoms with van der Waals surface area (Å²) >= 11 is 0. The van der Waals surface area contributed by atoms with Gasteiger partial charge in [0, 0.05) is 6.61 Å². The molecule has 10 unspecified atom stereocenters. The van der Waals surface area contributed by atoms with E-state index in [-0.39, 0.29) is 5.60 Å². The molecule has 42 heavy (non-hydrogen) atoms. The largest absolute Gasteiger partial charge is 0.376 e. The Kier molecular flexibility index (Phi) is 10.0. The van der Waals surface area contributed by atoms with E-state index >= 15 is 0 Å². The smallest absolute Gasteiger partial charge is 0.0598 e. The first-order valence-corrected chi connectivity index (χ1v) is 21.8. The van der Waals surface area contributed by atoms with Gasteiger partial charge in [0.05, 0.1) is 13.7 Å². The van der Waals surface area contributed by atoms with Gasteiger partial charge >= 0.3 is 0 Å². The molecule has 0 spiro atoms. The Morgan fingerprint density at radius 2 is 1.24 bits per heavy atom. The molecule has 1 nitrogen and oxygen atoms in total. The minimum absolute atomic E-state index is 0.00773. The fraction of sp³-hybridized carbons (Fsp3) is 0.850. The van der Waals surface area contributed by atoms with E-state index in [9.17, 15) is 0 Å². The van der Waals surface area contributed by atoms with E-state index in [1.165, 1.54) is 70.6 Å². The van der Waals surface area contributed by atoms with Crippen molar-refractivity contribution in [2.45, 2.75) is 166 Å². The third kappa shape index (κ3) is 6.38. The number of unbranched alkanes of at least 4 members (excludes halogenated alkanes) is 3. The summed E-state index contributed by atoms with van der Waals surface area (Å²) in [5, 5.41) is 0. The molecule has 5 saturated carbocycles. The SMILES string of the molecule is CC1CC2C(c3ccccc3)CCCC2C1[Si](C)(CCCCCCOC(C)(C)C)C1C2CCCCC2C2CCCCC21. The Hall–Kier alpha value is -0.603. The van der Waals surface area contributed by atoms with E-state index in [4.69, 9.17) is 4.74 Å². The van der Waals surface area contributed by atoms with Gasteiger partial charge in [-0.3, -0.25) is 0 Å². The summed E-state index contributed by atoms with van der Waals surface area (Å²) in [4.78, 5) is 0. The van der Waals surface area contributed by atoms with Gasteiger partial charge in [0.2, 0.25) is 0 Å². The van der Waals surface area contributed by atoms with Crippen molar-refractivity contribution in [2.75, 3.05) is 6.61 Å². The van der Waals surface area contributed by atoms with Gasteiger partial charge in [-0.2, -0.15) is 0 Å². The monoisotopic (exact) mass is 590 g/mol. The van der Waals surface area contributed by atoms with E-state index in [1.807, 2.05) is 0 Å². The standard InChI is InChI=1S/C40H66OSi/c1-29-28-37-31(30-18-9-8-10-19-30)24-17-25-36(37)38(29)42(5,27-16-7-6-15-26-41-40(2,3)4)39-34-22-13-11-20-32(34)33-21-12-14-23-35(33)39/h8-10,18-19,29,31-39H,6-7,11-17,20-28H2,1-5H3. The second kappa shape index (κ2) is 13.4. The van der Waals surface area contributed by atoms with Crippen molar-refractivity contribution in [1.29, 1.82) is 0 Å². The highest BCUT2D eigenvalue weighted by Crippen LogP contribution is 2.69. The first kappa shape index (κ1) is 31.4. The molecule has 5 aliphatic carbocycles. The van der Waals surface area contributed by atoms with E-state index in [0.29, 0.717) is 0 Å². The lowest BCUT2D eigenvalue weighted by molar-refractivity contribution is -0.00471. The molecule has 0 bridgehead atoms. The van der Waals surface area contributed by atoms with Crippen LogP contribution in [0.3, 0.4) is 0 Å². The second-order valence-corrected chi connectivity index (χ2v) is 22.2. The van der Waals surface area contributed by atoms with Crippen LogP contribution in [-0.4, -0.2) is 20.3 Å². The molecule has 0 radical (unpaired) electrons. The van der Waals surface area contributed by atoms with Crippen LogP contribution in [0.4, 0.5) is 0 Å². The summed E-state index contributed by atoms with van der Waals surface area (Å²) in [5.74, 6) is 8.15. The number of hydrogen-bond acceptors (Lipinski definition) is 1. The zero-order valence-electron chi connectivity index (χ0n) is 28.3. The maximum Gasteiger partial charge on any atom is 0.0598 e. The second-order valence-electron chi connectivity index (χ2n) is 17.4. The number of ether oxygens (including phenoxy) is 1. The number of benzene rings is 1. The lowest BCUT2D eigenvalue weighted by Crippen LogP contribution is -2.49. The number of hydrogen-bond donors (Lipinski definition) is 0. The number of fused-ring (bicyclic) bond motifs is 4. The molecule has 10 atom stereocenters. The van der Waals surface area contributed by atoms with Crippen molar-refractivity contribution >= 4 is 8.07 Å². The lowest BCUT2D eigenvalue weighted by Gasteiger charge is -2.51. The molecule has 0 saturated heterocycles. The molecule has 0 heterocycles. The molecule has 1 aromatic rings. The zero-order valence-corrected chi connectivity index (χ0v) is 29.3. The fourth-order valence-corrected chi connectivity index (χ4v) is 20.6. The molecule has 5 aliphatic rings. The molecular weight excluding hydrogens is 525 g/mol. The van der Waals surface area contributed by atoms with Crippen molar-refractivity contribution in [2.24, 2.45) is 41.4 Å². The lowest BCUT2D eigenvalue weighted by atomic mass is 9.71.